The molecular weight excluding hydrogens is 398 g/mol. The summed E-state index contributed by atoms with van der Waals surface area (Å²) in [5.74, 6) is 1.11. The zero-order valence-corrected chi connectivity index (χ0v) is 19.2. The summed E-state index contributed by atoms with van der Waals surface area (Å²) in [4.78, 5) is 16.1. The van der Waals surface area contributed by atoms with Crippen molar-refractivity contribution in [3.8, 4) is 6.07 Å². The van der Waals surface area contributed by atoms with Crippen LogP contribution < -0.4 is 11.1 Å². The van der Waals surface area contributed by atoms with Gasteiger partial charge in [-0.3, -0.25) is 4.79 Å². The number of benzene rings is 1. The molecule has 2 heterocycles. The fourth-order valence-electron chi connectivity index (χ4n) is 6.10. The van der Waals surface area contributed by atoms with E-state index < -0.39 is 0 Å². The largest absolute Gasteiger partial charge is 0.368 e. The maximum atomic E-state index is 11.5. The molecule has 5 unspecified atom stereocenters. The van der Waals surface area contributed by atoms with Gasteiger partial charge < -0.3 is 20.9 Å². The highest BCUT2D eigenvalue weighted by molar-refractivity contribution is 5.76. The van der Waals surface area contributed by atoms with Crippen LogP contribution in [0.4, 0.5) is 0 Å². The van der Waals surface area contributed by atoms with Crippen LogP contribution in [0.25, 0.3) is 0 Å². The SMILES string of the molecule is CC1C(CN2CCCC(NCCc3ccccc3)C2)CCC2C1C=C(C#N)N2CC(N)=O. The van der Waals surface area contributed by atoms with Gasteiger partial charge in [-0.15, -0.1) is 0 Å². The van der Waals surface area contributed by atoms with Crippen molar-refractivity contribution >= 4 is 5.91 Å². The Morgan fingerprint density at radius 1 is 1.25 bits per heavy atom. The molecule has 4 rings (SSSR count). The number of carbonyl (C=O) groups is 1. The summed E-state index contributed by atoms with van der Waals surface area (Å²) in [5, 5.41) is 13.3. The van der Waals surface area contributed by atoms with Crippen molar-refractivity contribution in [3.05, 3.63) is 47.7 Å². The van der Waals surface area contributed by atoms with Crippen LogP contribution in [0.15, 0.2) is 42.1 Å². The average molecular weight is 436 g/mol. The monoisotopic (exact) mass is 435 g/mol. The fourth-order valence-corrected chi connectivity index (χ4v) is 6.10. The number of piperidine rings is 1. The lowest BCUT2D eigenvalue weighted by atomic mass is 9.70. The molecule has 6 heteroatoms. The summed E-state index contributed by atoms with van der Waals surface area (Å²) in [6.07, 6.45) is 7.87. The van der Waals surface area contributed by atoms with Crippen LogP contribution in [0, 0.1) is 29.1 Å². The van der Waals surface area contributed by atoms with Crippen LogP contribution >= 0.6 is 0 Å². The predicted molar refractivity (Wildman–Crippen MR) is 126 cm³/mol. The van der Waals surface area contributed by atoms with Crippen molar-refractivity contribution in [2.24, 2.45) is 23.5 Å². The van der Waals surface area contributed by atoms with Gasteiger partial charge in [-0.2, -0.15) is 5.26 Å². The molecule has 1 aromatic carbocycles. The van der Waals surface area contributed by atoms with Crippen molar-refractivity contribution in [1.82, 2.24) is 15.1 Å². The summed E-state index contributed by atoms with van der Waals surface area (Å²) >= 11 is 0. The first-order valence-electron chi connectivity index (χ1n) is 12.2. The second-order valence-electron chi connectivity index (χ2n) is 9.89. The lowest BCUT2D eigenvalue weighted by molar-refractivity contribution is -0.119. The number of fused-ring (bicyclic) bond motifs is 1. The molecule has 172 valence electrons. The van der Waals surface area contributed by atoms with Crippen molar-refractivity contribution in [2.75, 3.05) is 32.7 Å². The molecular formula is C26H37N5O. The second-order valence-corrected chi connectivity index (χ2v) is 9.89. The van der Waals surface area contributed by atoms with Gasteiger partial charge in [-0.1, -0.05) is 37.3 Å². The number of nitriles is 1. The summed E-state index contributed by atoms with van der Waals surface area (Å²) < 4.78 is 0. The topological polar surface area (TPSA) is 85.4 Å². The number of likely N-dealkylation sites (tertiary alicyclic amines) is 1. The Labute approximate surface area is 192 Å². The van der Waals surface area contributed by atoms with Crippen LogP contribution in [0.1, 0.15) is 38.2 Å². The Bertz CT molecular complexity index is 848. The van der Waals surface area contributed by atoms with Crippen molar-refractivity contribution in [2.45, 2.75) is 51.1 Å². The Morgan fingerprint density at radius 3 is 2.81 bits per heavy atom. The van der Waals surface area contributed by atoms with Crippen LogP contribution in [-0.4, -0.2) is 60.5 Å². The lowest BCUT2D eigenvalue weighted by Gasteiger charge is -2.44. The third-order valence-electron chi connectivity index (χ3n) is 7.82. The van der Waals surface area contributed by atoms with Crippen molar-refractivity contribution in [3.63, 3.8) is 0 Å². The fraction of sp³-hybridized carbons (Fsp3) is 0.615. The molecule has 2 fully saturated rings. The molecule has 2 aliphatic heterocycles. The van der Waals surface area contributed by atoms with Crippen LogP contribution in [0.3, 0.4) is 0 Å². The van der Waals surface area contributed by atoms with Gasteiger partial charge >= 0.3 is 0 Å². The first-order valence-corrected chi connectivity index (χ1v) is 12.2. The van der Waals surface area contributed by atoms with E-state index in [1.54, 1.807) is 0 Å². The molecule has 3 aliphatic rings. The van der Waals surface area contributed by atoms with Gasteiger partial charge in [0.15, 0.2) is 0 Å². The Hall–Kier alpha value is -2.36. The smallest absolute Gasteiger partial charge is 0.236 e. The molecule has 6 nitrogen and oxygen atoms in total. The molecule has 5 atom stereocenters. The zero-order chi connectivity index (χ0) is 22.5. The lowest BCUT2D eigenvalue weighted by Crippen LogP contribution is -2.50. The Kier molecular flexibility index (Phi) is 7.49. The Morgan fingerprint density at radius 2 is 2.06 bits per heavy atom. The van der Waals surface area contributed by atoms with Crippen LogP contribution in [0.5, 0.6) is 0 Å². The van der Waals surface area contributed by atoms with Crippen LogP contribution in [0.2, 0.25) is 0 Å². The molecule has 1 amide bonds. The zero-order valence-electron chi connectivity index (χ0n) is 19.2. The number of hydrogen-bond donors (Lipinski definition) is 2. The maximum Gasteiger partial charge on any atom is 0.236 e. The standard InChI is InChI=1S/C26H37N5O/c1-19-21(9-10-25-24(19)14-23(15-27)31(25)18-26(28)32)16-30-13-5-8-22(17-30)29-12-11-20-6-3-2-4-7-20/h2-4,6-7,14,19,21-22,24-25,29H,5,8-13,16-18H2,1H3,(H2,28,32). The third-order valence-corrected chi connectivity index (χ3v) is 7.82. The van der Waals surface area contributed by atoms with Gasteiger partial charge in [-0.25, -0.2) is 0 Å². The van der Waals surface area contributed by atoms with E-state index in [4.69, 9.17) is 5.73 Å². The van der Waals surface area contributed by atoms with E-state index >= 15 is 0 Å². The van der Waals surface area contributed by atoms with E-state index in [-0.39, 0.29) is 18.5 Å². The number of amides is 1. The quantitative estimate of drug-likeness (QED) is 0.655. The van der Waals surface area contributed by atoms with E-state index in [1.165, 1.54) is 24.9 Å². The Balaban J connectivity index is 1.28. The first-order chi connectivity index (χ1) is 15.5. The second kappa shape index (κ2) is 10.5. The van der Waals surface area contributed by atoms with E-state index in [0.29, 0.717) is 29.5 Å². The van der Waals surface area contributed by atoms with Gasteiger partial charge in [0.05, 0.1) is 6.54 Å². The van der Waals surface area contributed by atoms with E-state index in [2.05, 4.69) is 59.6 Å². The third kappa shape index (κ3) is 5.33. The molecule has 1 aromatic rings. The summed E-state index contributed by atoms with van der Waals surface area (Å²) in [7, 11) is 0. The molecule has 0 radical (unpaired) electrons. The van der Waals surface area contributed by atoms with Crippen molar-refractivity contribution in [1.29, 1.82) is 5.26 Å². The number of nitrogens with two attached hydrogens (primary N) is 1. The number of nitrogens with zero attached hydrogens (tertiary/aromatic N) is 3. The predicted octanol–water partition coefficient (Wildman–Crippen LogP) is 2.52. The molecule has 1 saturated heterocycles. The minimum Gasteiger partial charge on any atom is -0.368 e. The minimum atomic E-state index is -0.360. The van der Waals surface area contributed by atoms with Crippen LogP contribution in [-0.2, 0) is 11.2 Å². The van der Waals surface area contributed by atoms with Crippen molar-refractivity contribution < 1.29 is 4.79 Å². The molecule has 0 bridgehead atoms. The van der Waals surface area contributed by atoms with Gasteiger partial charge in [0.2, 0.25) is 5.91 Å². The van der Waals surface area contributed by atoms with Gasteiger partial charge in [-0.05, 0) is 68.7 Å². The minimum absolute atomic E-state index is 0.153. The summed E-state index contributed by atoms with van der Waals surface area (Å²) in [6.45, 7) is 6.96. The maximum absolute atomic E-state index is 11.5. The number of primary amides is 1. The van der Waals surface area contributed by atoms with Gasteiger partial charge in [0, 0.05) is 31.1 Å². The van der Waals surface area contributed by atoms with Gasteiger partial charge in [0.25, 0.3) is 0 Å². The molecule has 0 aromatic heterocycles. The average Bonchev–Trinajstić information content (AvgIpc) is 3.14. The normalized spacial score (nSPS) is 30.4. The number of allylic oxidation sites excluding steroid dienone is 1. The molecule has 1 aliphatic carbocycles. The highest BCUT2D eigenvalue weighted by Crippen LogP contribution is 2.43. The highest BCUT2D eigenvalue weighted by Gasteiger charge is 2.44. The first kappa shape index (κ1) is 22.8. The number of hydrogen-bond acceptors (Lipinski definition) is 5. The molecule has 1 saturated carbocycles. The number of rotatable bonds is 8. The number of nitrogens with one attached hydrogen (secondary N) is 1. The van der Waals surface area contributed by atoms with E-state index in [1.807, 2.05) is 4.90 Å². The summed E-state index contributed by atoms with van der Waals surface area (Å²) in [6, 6.07) is 13.8. The van der Waals surface area contributed by atoms with Gasteiger partial charge in [0.1, 0.15) is 11.8 Å². The summed E-state index contributed by atoms with van der Waals surface area (Å²) in [5.41, 5.74) is 7.47. The molecule has 3 N–H and O–H groups in total. The van der Waals surface area contributed by atoms with E-state index in [0.717, 1.165) is 38.9 Å². The van der Waals surface area contributed by atoms with E-state index in [9.17, 15) is 10.1 Å². The molecule has 0 spiro atoms. The highest BCUT2D eigenvalue weighted by atomic mass is 16.1. The molecule has 32 heavy (non-hydrogen) atoms. The number of carbonyl (C=O) groups excluding carboxylic acids is 1.